The van der Waals surface area contributed by atoms with Gasteiger partial charge in [0.1, 0.15) is 16.9 Å². The molecule has 8 heteroatoms. The second-order valence-corrected chi connectivity index (χ2v) is 12.7. The summed E-state index contributed by atoms with van der Waals surface area (Å²) in [5.74, 6) is 0.869. The Kier molecular flexibility index (Phi) is 7.06. The van der Waals surface area contributed by atoms with Crippen LogP contribution in [0.15, 0.2) is 27.8 Å². The third-order valence-corrected chi connectivity index (χ3v) is 8.86. The highest BCUT2D eigenvalue weighted by atomic mass is 16.7. The standard InChI is InChI=1S/C32H40NO7/c1-9-19-10-11-24(38-30(36)39-31(4,5)6)26-22(19)15-32(16-37-8)14-21-12-20(27(32)28(26)35)13-23(34)25-18(3)33(7)40-29(25)17(21)2/h10-11,17,21H,9,12-16H2,1-8H3/q+1. The molecule has 1 aromatic heterocycles. The number of allylic oxidation sites excluding steroid dienone is 1. The Hall–Kier alpha value is -3.26. The normalized spacial score (nSPS) is 24.1. The van der Waals surface area contributed by atoms with Gasteiger partial charge in [-0.15, -0.1) is 0 Å². The third kappa shape index (κ3) is 4.60. The minimum atomic E-state index is -0.854. The molecule has 0 fully saturated rings. The van der Waals surface area contributed by atoms with Crippen molar-refractivity contribution in [3.8, 4) is 5.75 Å². The number of benzene rings is 1. The van der Waals surface area contributed by atoms with Gasteiger partial charge in [-0.2, -0.15) is 0 Å². The largest absolute Gasteiger partial charge is 0.514 e. The first-order valence-corrected chi connectivity index (χ1v) is 14.1. The molecule has 0 N–H and O–H groups in total. The number of Topliss-reactive ketones (excluding diaryl/α,β-unsaturated/α-hetero) is 2. The van der Waals surface area contributed by atoms with Gasteiger partial charge in [0.05, 0.1) is 12.2 Å². The summed E-state index contributed by atoms with van der Waals surface area (Å²) in [6.07, 6.45) is 1.93. The fourth-order valence-corrected chi connectivity index (χ4v) is 7.11. The van der Waals surface area contributed by atoms with Gasteiger partial charge in [0.15, 0.2) is 18.6 Å². The lowest BCUT2D eigenvalue weighted by Gasteiger charge is -2.48. The lowest BCUT2D eigenvalue weighted by molar-refractivity contribution is -0.850. The number of carbonyl (C=O) groups excluding carboxylic acids is 3. The summed E-state index contributed by atoms with van der Waals surface area (Å²) in [5.41, 5.74) is 3.90. The Morgan fingerprint density at radius 1 is 1.20 bits per heavy atom. The number of ketones is 2. The predicted octanol–water partition coefficient (Wildman–Crippen LogP) is 5.76. The van der Waals surface area contributed by atoms with E-state index in [1.807, 2.05) is 20.0 Å². The average molecular weight is 551 g/mol. The molecule has 1 aromatic carbocycles. The number of carbonyl (C=O) groups is 3. The van der Waals surface area contributed by atoms with Crippen molar-refractivity contribution in [2.24, 2.45) is 18.4 Å². The molecule has 0 spiro atoms. The number of hydrogen-bond acceptors (Lipinski definition) is 7. The maximum absolute atomic E-state index is 14.6. The van der Waals surface area contributed by atoms with Crippen molar-refractivity contribution in [2.75, 3.05) is 13.7 Å². The fraction of sp³-hybridized carbons (Fsp3) is 0.562. The summed E-state index contributed by atoms with van der Waals surface area (Å²) >= 11 is 0. The lowest BCUT2D eigenvalue weighted by atomic mass is 9.55. The van der Waals surface area contributed by atoms with Gasteiger partial charge >= 0.3 is 6.16 Å². The molecule has 0 radical (unpaired) electrons. The van der Waals surface area contributed by atoms with Gasteiger partial charge < -0.3 is 14.2 Å². The van der Waals surface area contributed by atoms with Gasteiger partial charge in [-0.3, -0.25) is 9.59 Å². The summed E-state index contributed by atoms with van der Waals surface area (Å²) in [6, 6.07) is 3.61. The average Bonchev–Trinajstić information content (AvgIpc) is 3.15. The van der Waals surface area contributed by atoms with Crippen LogP contribution in [0.5, 0.6) is 5.75 Å². The fourth-order valence-electron chi connectivity index (χ4n) is 7.11. The van der Waals surface area contributed by atoms with Crippen LogP contribution in [0.25, 0.3) is 0 Å². The second kappa shape index (κ2) is 9.98. The van der Waals surface area contributed by atoms with E-state index in [9.17, 15) is 14.4 Å². The molecular formula is C32H40NO7+. The van der Waals surface area contributed by atoms with Gasteiger partial charge in [0.25, 0.3) is 0 Å². The summed E-state index contributed by atoms with van der Waals surface area (Å²) < 4.78 is 24.6. The van der Waals surface area contributed by atoms with E-state index >= 15 is 0 Å². The number of rotatable bonds is 4. The van der Waals surface area contributed by atoms with Crippen molar-refractivity contribution in [1.82, 2.24) is 0 Å². The molecule has 3 unspecified atom stereocenters. The van der Waals surface area contributed by atoms with Crippen LogP contribution in [0.4, 0.5) is 4.79 Å². The number of fused-ring (bicyclic) bond motifs is 5. The molecule has 3 aliphatic carbocycles. The highest BCUT2D eigenvalue weighted by molar-refractivity contribution is 6.15. The van der Waals surface area contributed by atoms with E-state index < -0.39 is 17.2 Å². The molecule has 3 aliphatic rings. The first-order valence-electron chi connectivity index (χ1n) is 14.1. The lowest BCUT2D eigenvalue weighted by Crippen LogP contribution is -2.46. The molecule has 40 heavy (non-hydrogen) atoms. The van der Waals surface area contributed by atoms with E-state index in [0.29, 0.717) is 36.1 Å². The Bertz CT molecular complexity index is 1440. The maximum Gasteiger partial charge on any atom is 0.514 e. The molecule has 5 rings (SSSR count). The smallest absolute Gasteiger partial charge is 0.428 e. The number of nitrogens with zero attached hydrogens (tertiary/aromatic N) is 1. The molecule has 214 valence electrons. The molecular weight excluding hydrogens is 510 g/mol. The van der Waals surface area contributed by atoms with Crippen molar-refractivity contribution in [3.63, 3.8) is 0 Å². The van der Waals surface area contributed by atoms with E-state index in [-0.39, 0.29) is 35.6 Å². The van der Waals surface area contributed by atoms with E-state index in [1.54, 1.807) is 38.7 Å². The Morgan fingerprint density at radius 2 is 1.93 bits per heavy atom. The minimum Gasteiger partial charge on any atom is -0.428 e. The van der Waals surface area contributed by atoms with Crippen LogP contribution in [0.1, 0.15) is 103 Å². The second-order valence-electron chi connectivity index (χ2n) is 12.7. The van der Waals surface area contributed by atoms with E-state index in [1.165, 1.54) is 0 Å². The van der Waals surface area contributed by atoms with Crippen molar-refractivity contribution >= 4 is 17.7 Å². The number of aromatic nitrogens is 1. The highest BCUT2D eigenvalue weighted by Gasteiger charge is 2.53. The van der Waals surface area contributed by atoms with E-state index in [0.717, 1.165) is 41.0 Å². The first-order chi connectivity index (χ1) is 18.8. The van der Waals surface area contributed by atoms with E-state index in [2.05, 4.69) is 13.8 Å². The molecule has 0 saturated heterocycles. The highest BCUT2D eigenvalue weighted by Crippen LogP contribution is 2.56. The van der Waals surface area contributed by atoms with Crippen molar-refractivity contribution < 1.29 is 37.9 Å². The Labute approximate surface area is 235 Å². The van der Waals surface area contributed by atoms with Crippen LogP contribution in [-0.2, 0) is 29.4 Å². The van der Waals surface area contributed by atoms with Gasteiger partial charge in [-0.25, -0.2) is 9.32 Å². The third-order valence-electron chi connectivity index (χ3n) is 8.86. The zero-order valence-corrected chi connectivity index (χ0v) is 24.9. The number of aryl methyl sites for hydroxylation is 2. The minimum absolute atomic E-state index is 0.00610. The molecule has 0 amide bonds. The van der Waals surface area contributed by atoms with Crippen molar-refractivity contribution in [2.45, 2.75) is 85.2 Å². The van der Waals surface area contributed by atoms with Crippen LogP contribution in [0, 0.1) is 18.3 Å². The van der Waals surface area contributed by atoms with Gasteiger partial charge in [0, 0.05) is 37.4 Å². The SMILES string of the molecule is CCc1ccc(OC(=O)OC(C)(C)C)c2c1CC1(COC)CC3CC(=C1C2=O)CC(=O)c1c(o[n+](C)c1C)C3C. The van der Waals surface area contributed by atoms with Crippen LogP contribution in [-0.4, -0.2) is 37.0 Å². The predicted molar refractivity (Wildman–Crippen MR) is 147 cm³/mol. The molecule has 0 saturated carbocycles. The van der Waals surface area contributed by atoms with Crippen LogP contribution in [0.3, 0.4) is 0 Å². The number of ether oxygens (including phenoxy) is 3. The zero-order chi connectivity index (χ0) is 29.1. The first kappa shape index (κ1) is 28.3. The summed E-state index contributed by atoms with van der Waals surface area (Å²) in [7, 11) is 3.48. The molecule has 2 bridgehead atoms. The van der Waals surface area contributed by atoms with Crippen LogP contribution >= 0.6 is 0 Å². The van der Waals surface area contributed by atoms with Gasteiger partial charge in [0.2, 0.25) is 11.5 Å². The molecule has 2 aromatic rings. The molecule has 8 nitrogen and oxygen atoms in total. The Morgan fingerprint density at radius 3 is 2.58 bits per heavy atom. The molecule has 0 aliphatic heterocycles. The maximum atomic E-state index is 14.6. The summed E-state index contributed by atoms with van der Waals surface area (Å²) in [4.78, 5) is 41.0. The topological polar surface area (TPSA) is 95.9 Å². The van der Waals surface area contributed by atoms with Crippen molar-refractivity contribution in [1.29, 1.82) is 0 Å². The molecule has 3 atom stereocenters. The van der Waals surface area contributed by atoms with Crippen LogP contribution in [0.2, 0.25) is 0 Å². The zero-order valence-electron chi connectivity index (χ0n) is 24.9. The quantitative estimate of drug-likeness (QED) is 0.271. The summed E-state index contributed by atoms with van der Waals surface area (Å²) in [6.45, 7) is 11.7. The number of hydrogen-bond donors (Lipinski definition) is 0. The monoisotopic (exact) mass is 550 g/mol. The van der Waals surface area contributed by atoms with Gasteiger partial charge in [-0.05, 0) is 74.3 Å². The molecule has 1 heterocycles. The van der Waals surface area contributed by atoms with Crippen LogP contribution < -0.4 is 9.48 Å². The number of methoxy groups -OCH3 is 1. The summed E-state index contributed by atoms with van der Waals surface area (Å²) in [5, 5.41) is 0. The van der Waals surface area contributed by atoms with E-state index in [4.69, 9.17) is 18.7 Å². The van der Waals surface area contributed by atoms with Crippen molar-refractivity contribution in [3.05, 3.63) is 57.0 Å². The Balaban J connectivity index is 1.69. The van der Waals surface area contributed by atoms with Gasteiger partial charge in [-0.1, -0.05) is 25.5 Å².